The molecule has 0 aliphatic heterocycles. The molecule has 0 fully saturated rings. The number of rotatable bonds is 1. The Bertz CT molecular complexity index is 11.7. The predicted molar refractivity (Wildman–Crippen MR) is 22.9 cm³/mol. The fourth-order valence-corrected chi connectivity index (χ4v) is 0. The van der Waals surface area contributed by atoms with E-state index in [9.17, 15) is 0 Å². The van der Waals surface area contributed by atoms with Crippen molar-refractivity contribution in [2.24, 2.45) is 0 Å². The fourth-order valence-electron chi connectivity index (χ4n) is 0. The van der Waals surface area contributed by atoms with Crippen LogP contribution in [0, 0.1) is 6.92 Å². The maximum atomic E-state index is 3.60. The van der Waals surface area contributed by atoms with Crippen molar-refractivity contribution in [3.8, 4) is 0 Å². The molecule has 0 aromatic rings. The number of unbranched alkanes of at least 4 members (excludes halogenated alkanes) is 1. The van der Waals surface area contributed by atoms with Crippen molar-refractivity contribution in [1.82, 2.24) is 0 Å². The molecule has 0 spiro atoms. The summed E-state index contributed by atoms with van der Waals surface area (Å²) in [6, 6.07) is 0. The van der Waals surface area contributed by atoms with Crippen LogP contribution in [0.1, 0.15) is 19.8 Å². The Kier molecular flexibility index (Phi) is 110. The van der Waals surface area contributed by atoms with Gasteiger partial charge in [-0.3, -0.25) is 0 Å². The molecular weight excluding hydrogens is 128 g/mol. The summed E-state index contributed by atoms with van der Waals surface area (Å²) in [5, 5.41) is 0. The van der Waals surface area contributed by atoms with Gasteiger partial charge in [0.25, 0.3) is 0 Å². The molecule has 3 heteroatoms. The third kappa shape index (κ3) is 53.3. The third-order valence-electron chi connectivity index (χ3n) is 0.354. The zero-order valence-electron chi connectivity index (χ0n) is 4.48. The Balaban J connectivity index is -0.0000000150. The molecular formula is C4H10O2Ti. The van der Waals surface area contributed by atoms with Gasteiger partial charge in [0.1, 0.15) is 0 Å². The molecule has 0 bridgehead atoms. The fraction of sp³-hybridized carbons (Fsp3) is 0.750. The summed E-state index contributed by atoms with van der Waals surface area (Å²) < 4.78 is 0. The molecule has 0 radical (unpaired) electrons. The topological polar surface area (TPSA) is 58.5 Å². The molecule has 0 amide bonds. The minimum absolute atomic E-state index is 0. The van der Waals surface area contributed by atoms with Crippen LogP contribution >= 0.6 is 0 Å². The molecule has 0 aromatic carbocycles. The Labute approximate surface area is 59.8 Å². The first kappa shape index (κ1) is 25.4. The second-order valence-electron chi connectivity index (χ2n) is 0.854. The van der Waals surface area contributed by atoms with Crippen molar-refractivity contribution in [3.63, 3.8) is 0 Å². The Morgan fingerprint density at radius 2 is 1.57 bits per heavy atom. The molecule has 7 heavy (non-hydrogen) atoms. The maximum absolute atomic E-state index is 3.60. The van der Waals surface area contributed by atoms with Crippen molar-refractivity contribution in [2.45, 2.75) is 19.8 Å². The molecule has 0 rings (SSSR count). The van der Waals surface area contributed by atoms with Crippen LogP contribution in [0.15, 0.2) is 0 Å². The van der Waals surface area contributed by atoms with E-state index >= 15 is 0 Å². The van der Waals surface area contributed by atoms with Crippen LogP contribution in [-0.4, -0.2) is 5.48 Å². The van der Waals surface area contributed by atoms with Gasteiger partial charge in [-0.1, -0.05) is 13.3 Å². The minimum atomic E-state index is 0. The van der Waals surface area contributed by atoms with Crippen molar-refractivity contribution in [3.05, 3.63) is 6.92 Å². The largest absolute Gasteiger partial charge is 4.00 e. The SMILES string of the molecule is [CH2-]CCC.[O-2].[OH-].[Ti+4]. The molecule has 2 nitrogen and oxygen atoms in total. The quantitative estimate of drug-likeness (QED) is 0.398. The van der Waals surface area contributed by atoms with E-state index in [1.807, 2.05) is 0 Å². The van der Waals surface area contributed by atoms with Crippen LogP contribution in [0.3, 0.4) is 0 Å². The molecule has 0 aliphatic rings. The minimum Gasteiger partial charge on any atom is -2.00 e. The smallest absolute Gasteiger partial charge is 2.00 e. The second kappa shape index (κ2) is 30.3. The Morgan fingerprint density at radius 1 is 1.43 bits per heavy atom. The van der Waals surface area contributed by atoms with Gasteiger partial charge in [-0.05, 0) is 0 Å². The van der Waals surface area contributed by atoms with Gasteiger partial charge in [-0.2, -0.15) is 6.42 Å². The summed E-state index contributed by atoms with van der Waals surface area (Å²) in [5.74, 6) is 0. The molecule has 0 heterocycles. The normalized spacial score (nSPS) is 4.29. The van der Waals surface area contributed by atoms with Crippen LogP contribution in [0.5, 0.6) is 0 Å². The van der Waals surface area contributed by atoms with Crippen molar-refractivity contribution < 1.29 is 32.7 Å². The molecule has 1 N–H and O–H groups in total. The van der Waals surface area contributed by atoms with Crippen LogP contribution in [-0.2, 0) is 27.2 Å². The van der Waals surface area contributed by atoms with Crippen LogP contribution in [0.4, 0.5) is 0 Å². The molecule has 0 aliphatic carbocycles. The summed E-state index contributed by atoms with van der Waals surface area (Å²) in [6.07, 6.45) is 2.28. The first-order chi connectivity index (χ1) is 1.91. The average molecular weight is 138 g/mol. The van der Waals surface area contributed by atoms with E-state index < -0.39 is 0 Å². The van der Waals surface area contributed by atoms with E-state index in [-0.39, 0.29) is 32.7 Å². The summed E-state index contributed by atoms with van der Waals surface area (Å²) in [7, 11) is 0. The maximum Gasteiger partial charge on any atom is 4.00 e. The molecule has 0 atom stereocenters. The van der Waals surface area contributed by atoms with Crippen LogP contribution < -0.4 is 0 Å². The molecule has 0 aromatic heterocycles. The summed E-state index contributed by atoms with van der Waals surface area (Å²) in [6.45, 7) is 5.72. The van der Waals surface area contributed by atoms with E-state index in [1.54, 1.807) is 0 Å². The zero-order valence-corrected chi connectivity index (χ0v) is 6.04. The van der Waals surface area contributed by atoms with Crippen LogP contribution in [0.25, 0.3) is 0 Å². The molecule has 0 saturated carbocycles. The summed E-state index contributed by atoms with van der Waals surface area (Å²) >= 11 is 0. The van der Waals surface area contributed by atoms with Gasteiger partial charge in [-0.25, -0.2) is 0 Å². The van der Waals surface area contributed by atoms with Gasteiger partial charge in [0.2, 0.25) is 0 Å². The van der Waals surface area contributed by atoms with Gasteiger partial charge in [0, 0.05) is 0 Å². The van der Waals surface area contributed by atoms with Gasteiger partial charge >= 0.3 is 21.7 Å². The Hall–Kier alpha value is 0.634. The van der Waals surface area contributed by atoms with Gasteiger partial charge < -0.3 is 17.9 Å². The average Bonchev–Trinajstić information content (AvgIpc) is 1.37. The van der Waals surface area contributed by atoms with Crippen molar-refractivity contribution in [2.75, 3.05) is 0 Å². The van der Waals surface area contributed by atoms with E-state index in [2.05, 4.69) is 13.8 Å². The molecule has 0 saturated heterocycles. The van der Waals surface area contributed by atoms with E-state index in [0.29, 0.717) is 0 Å². The van der Waals surface area contributed by atoms with E-state index in [4.69, 9.17) is 0 Å². The van der Waals surface area contributed by atoms with E-state index in [1.165, 1.54) is 6.42 Å². The van der Waals surface area contributed by atoms with Gasteiger partial charge in [0.05, 0.1) is 0 Å². The van der Waals surface area contributed by atoms with Gasteiger partial charge in [-0.15, -0.1) is 0 Å². The van der Waals surface area contributed by atoms with Gasteiger partial charge in [0.15, 0.2) is 0 Å². The molecule has 42 valence electrons. The van der Waals surface area contributed by atoms with Crippen molar-refractivity contribution in [1.29, 1.82) is 0 Å². The first-order valence-corrected chi connectivity index (χ1v) is 1.71. The number of hydrogen-bond donors (Lipinski definition) is 0. The summed E-state index contributed by atoms with van der Waals surface area (Å²) in [5.41, 5.74) is 0. The van der Waals surface area contributed by atoms with Crippen molar-refractivity contribution >= 4 is 0 Å². The zero-order chi connectivity index (χ0) is 3.41. The molecule has 0 unspecified atom stereocenters. The standard InChI is InChI=1S/C4H9.H2O.O.Ti/c1-3-4-2;;;/h1,3-4H2,2H3;1H2;;/q-1;;-2;+4/p-1. The monoisotopic (exact) mass is 138 g/mol. The predicted octanol–water partition coefficient (Wildman–Crippen LogP) is 1.32. The third-order valence-corrected chi connectivity index (χ3v) is 0.354. The number of hydrogen-bond acceptors (Lipinski definition) is 1. The van der Waals surface area contributed by atoms with E-state index in [0.717, 1.165) is 6.42 Å². The Morgan fingerprint density at radius 3 is 1.57 bits per heavy atom. The summed E-state index contributed by atoms with van der Waals surface area (Å²) in [4.78, 5) is 0. The first-order valence-electron chi connectivity index (χ1n) is 1.71. The second-order valence-corrected chi connectivity index (χ2v) is 0.854. The van der Waals surface area contributed by atoms with Crippen LogP contribution in [0.2, 0.25) is 0 Å².